The molecule has 2 aliphatic rings. The number of ether oxygens (including phenoxy) is 3. The van der Waals surface area contributed by atoms with Crippen LogP contribution in [0, 0.1) is 0 Å². The maximum atomic E-state index is 5.72. The highest BCUT2D eigenvalue weighted by atomic mass is 16.6. The zero-order chi connectivity index (χ0) is 17.2. The Labute approximate surface area is 148 Å². The molecule has 0 unspecified atom stereocenters. The van der Waals surface area contributed by atoms with Crippen molar-refractivity contribution in [2.24, 2.45) is 7.05 Å². The van der Waals surface area contributed by atoms with Crippen molar-refractivity contribution in [3.8, 4) is 22.8 Å². The summed E-state index contributed by atoms with van der Waals surface area (Å²) >= 11 is 0. The van der Waals surface area contributed by atoms with Gasteiger partial charge in [0.1, 0.15) is 13.2 Å². The summed E-state index contributed by atoms with van der Waals surface area (Å²) in [4.78, 5) is 2.42. The maximum absolute atomic E-state index is 5.72. The van der Waals surface area contributed by atoms with Gasteiger partial charge in [-0.3, -0.25) is 9.58 Å². The monoisotopic (exact) mass is 343 g/mol. The van der Waals surface area contributed by atoms with Crippen LogP contribution in [0.5, 0.6) is 11.5 Å². The van der Waals surface area contributed by atoms with Gasteiger partial charge < -0.3 is 14.2 Å². The van der Waals surface area contributed by atoms with Crippen molar-refractivity contribution in [2.45, 2.75) is 25.4 Å². The van der Waals surface area contributed by atoms with Crippen molar-refractivity contribution in [1.82, 2.24) is 14.7 Å². The molecule has 0 radical (unpaired) electrons. The number of benzene rings is 1. The van der Waals surface area contributed by atoms with Gasteiger partial charge in [0.25, 0.3) is 0 Å². The van der Waals surface area contributed by atoms with Crippen molar-refractivity contribution < 1.29 is 14.2 Å². The summed E-state index contributed by atoms with van der Waals surface area (Å²) in [5.74, 6) is 1.62. The van der Waals surface area contributed by atoms with E-state index in [0.717, 1.165) is 55.4 Å². The first-order chi connectivity index (χ1) is 12.2. The van der Waals surface area contributed by atoms with E-state index in [1.807, 2.05) is 23.9 Å². The summed E-state index contributed by atoms with van der Waals surface area (Å²) < 4.78 is 18.7. The molecule has 2 aliphatic heterocycles. The molecule has 6 nitrogen and oxygen atoms in total. The van der Waals surface area contributed by atoms with E-state index in [0.29, 0.717) is 19.3 Å². The molecule has 0 aliphatic carbocycles. The Hall–Kier alpha value is -2.05. The van der Waals surface area contributed by atoms with E-state index in [4.69, 9.17) is 19.3 Å². The van der Waals surface area contributed by atoms with Gasteiger partial charge in [0, 0.05) is 50.2 Å². The van der Waals surface area contributed by atoms with E-state index >= 15 is 0 Å². The van der Waals surface area contributed by atoms with Crippen LogP contribution >= 0.6 is 0 Å². The van der Waals surface area contributed by atoms with Gasteiger partial charge in [0.05, 0.1) is 5.69 Å². The van der Waals surface area contributed by atoms with Crippen molar-refractivity contribution in [3.05, 3.63) is 30.0 Å². The van der Waals surface area contributed by atoms with Gasteiger partial charge in [0.2, 0.25) is 0 Å². The summed E-state index contributed by atoms with van der Waals surface area (Å²) in [5, 5.41) is 4.70. The predicted molar refractivity (Wildman–Crippen MR) is 94.9 cm³/mol. The van der Waals surface area contributed by atoms with Crippen LogP contribution in [0.1, 0.15) is 18.4 Å². The molecule has 0 N–H and O–H groups in total. The number of nitrogens with zero attached hydrogens (tertiary/aromatic N) is 3. The van der Waals surface area contributed by atoms with Crippen LogP contribution in [0.25, 0.3) is 11.3 Å². The maximum Gasteiger partial charge on any atom is 0.162 e. The normalized spacial score (nSPS) is 17.9. The van der Waals surface area contributed by atoms with Gasteiger partial charge in [0.15, 0.2) is 11.5 Å². The van der Waals surface area contributed by atoms with E-state index in [9.17, 15) is 0 Å². The van der Waals surface area contributed by atoms with Crippen LogP contribution in [0.4, 0.5) is 0 Å². The molecule has 0 amide bonds. The van der Waals surface area contributed by atoms with Crippen molar-refractivity contribution in [3.63, 3.8) is 0 Å². The van der Waals surface area contributed by atoms with Crippen molar-refractivity contribution in [2.75, 3.05) is 33.5 Å². The van der Waals surface area contributed by atoms with Gasteiger partial charge in [-0.2, -0.15) is 5.10 Å². The second-order valence-electron chi connectivity index (χ2n) is 6.79. The summed E-state index contributed by atoms with van der Waals surface area (Å²) in [5.41, 5.74) is 3.31. The lowest BCUT2D eigenvalue weighted by molar-refractivity contribution is 0.0407. The van der Waals surface area contributed by atoms with E-state index in [1.165, 1.54) is 5.56 Å². The van der Waals surface area contributed by atoms with E-state index in [1.54, 1.807) is 0 Å². The lowest BCUT2D eigenvalue weighted by atomic mass is 10.0. The predicted octanol–water partition coefficient (Wildman–Crippen LogP) is 2.47. The number of fused-ring (bicyclic) bond motifs is 1. The molecule has 4 rings (SSSR count). The molecule has 25 heavy (non-hydrogen) atoms. The van der Waals surface area contributed by atoms with Gasteiger partial charge in [-0.15, -0.1) is 0 Å². The standard InChI is InChI=1S/C19H25N3O3/c1-21(16-5-7-23-8-6-16)12-15-13-22(2)20-19(15)14-3-4-17-18(11-14)25-10-9-24-17/h3-4,11,13,16H,5-10,12H2,1-2H3. The summed E-state index contributed by atoms with van der Waals surface area (Å²) in [6, 6.07) is 6.65. The van der Waals surface area contributed by atoms with E-state index < -0.39 is 0 Å². The van der Waals surface area contributed by atoms with E-state index in [2.05, 4.69) is 24.2 Å². The number of aromatic nitrogens is 2. The molecule has 0 saturated carbocycles. The Bertz CT molecular complexity index is 738. The molecular weight excluding hydrogens is 318 g/mol. The molecule has 134 valence electrons. The van der Waals surface area contributed by atoms with Crippen LogP contribution in [-0.2, 0) is 18.3 Å². The third-order valence-electron chi connectivity index (χ3n) is 4.95. The Morgan fingerprint density at radius 1 is 1.12 bits per heavy atom. The lowest BCUT2D eigenvalue weighted by Gasteiger charge is -2.31. The molecule has 0 atom stereocenters. The second-order valence-corrected chi connectivity index (χ2v) is 6.79. The highest BCUT2D eigenvalue weighted by molar-refractivity contribution is 5.66. The number of hydrogen-bond donors (Lipinski definition) is 0. The molecule has 2 aromatic rings. The van der Waals surface area contributed by atoms with Crippen LogP contribution < -0.4 is 9.47 Å². The van der Waals surface area contributed by atoms with Gasteiger partial charge in [-0.05, 0) is 38.1 Å². The molecule has 1 aromatic carbocycles. The van der Waals surface area contributed by atoms with Crippen LogP contribution in [-0.4, -0.2) is 54.2 Å². The molecule has 0 bridgehead atoms. The Balaban J connectivity index is 1.58. The first kappa shape index (κ1) is 16.4. The Kier molecular flexibility index (Phi) is 4.63. The number of rotatable bonds is 4. The van der Waals surface area contributed by atoms with Crippen molar-refractivity contribution in [1.29, 1.82) is 0 Å². The third kappa shape index (κ3) is 3.50. The summed E-state index contributed by atoms with van der Waals surface area (Å²) in [6.07, 6.45) is 4.30. The minimum Gasteiger partial charge on any atom is -0.486 e. The quantitative estimate of drug-likeness (QED) is 0.853. The summed E-state index contributed by atoms with van der Waals surface area (Å²) in [7, 11) is 4.16. The fourth-order valence-electron chi connectivity index (χ4n) is 3.61. The molecule has 6 heteroatoms. The van der Waals surface area contributed by atoms with E-state index in [-0.39, 0.29) is 0 Å². The number of aryl methyl sites for hydroxylation is 1. The lowest BCUT2D eigenvalue weighted by Crippen LogP contribution is -2.36. The first-order valence-corrected chi connectivity index (χ1v) is 8.91. The third-order valence-corrected chi connectivity index (χ3v) is 4.95. The molecular formula is C19H25N3O3. The largest absolute Gasteiger partial charge is 0.486 e. The molecule has 0 spiro atoms. The number of hydrogen-bond acceptors (Lipinski definition) is 5. The molecule has 1 saturated heterocycles. The minimum absolute atomic E-state index is 0.571. The highest BCUT2D eigenvalue weighted by Gasteiger charge is 2.21. The second kappa shape index (κ2) is 7.06. The molecule has 1 aromatic heterocycles. The Morgan fingerprint density at radius 3 is 2.68 bits per heavy atom. The average Bonchev–Trinajstić information content (AvgIpc) is 3.02. The van der Waals surface area contributed by atoms with Crippen LogP contribution in [0.3, 0.4) is 0 Å². The highest BCUT2D eigenvalue weighted by Crippen LogP contribution is 2.35. The fraction of sp³-hybridized carbons (Fsp3) is 0.526. The molecule has 3 heterocycles. The fourth-order valence-corrected chi connectivity index (χ4v) is 3.61. The topological polar surface area (TPSA) is 48.8 Å². The Morgan fingerprint density at radius 2 is 1.88 bits per heavy atom. The minimum atomic E-state index is 0.571. The summed E-state index contributed by atoms with van der Waals surface area (Å²) in [6.45, 7) is 3.80. The zero-order valence-electron chi connectivity index (χ0n) is 14.9. The van der Waals surface area contributed by atoms with Gasteiger partial charge in [-0.25, -0.2) is 0 Å². The van der Waals surface area contributed by atoms with Crippen LogP contribution in [0.2, 0.25) is 0 Å². The smallest absolute Gasteiger partial charge is 0.162 e. The van der Waals surface area contributed by atoms with Crippen LogP contribution in [0.15, 0.2) is 24.4 Å². The zero-order valence-corrected chi connectivity index (χ0v) is 14.9. The van der Waals surface area contributed by atoms with Crippen molar-refractivity contribution >= 4 is 0 Å². The SMILES string of the molecule is CN(Cc1cn(C)nc1-c1ccc2c(c1)OCCO2)C1CCOCC1. The first-order valence-electron chi connectivity index (χ1n) is 8.91. The molecule has 1 fully saturated rings. The van der Waals surface area contributed by atoms with Gasteiger partial charge in [-0.1, -0.05) is 0 Å². The van der Waals surface area contributed by atoms with Gasteiger partial charge >= 0.3 is 0 Å². The average molecular weight is 343 g/mol.